The summed E-state index contributed by atoms with van der Waals surface area (Å²) in [5.74, 6) is -14.1. The number of Topliss-reactive ketones (excluding diaryl/α,β-unsaturated/α-hetero) is 1. The highest BCUT2D eigenvalue weighted by atomic mass is 19.1. The number of benzene rings is 4. The Morgan fingerprint density at radius 3 is 1.96 bits per heavy atom. The number of rotatable bonds is 30. The number of ether oxygens (including phenoxy) is 6. The third kappa shape index (κ3) is 18.0. The number of hydrogen-bond donors (Lipinski definition) is 9. The molecule has 4 aliphatic rings. The molecule has 550 valence electrons. The Bertz CT molecular complexity index is 3950. The predicted molar refractivity (Wildman–Crippen MR) is 362 cm³/mol. The summed E-state index contributed by atoms with van der Waals surface area (Å²) in [6, 6.07) is 23.4. The zero-order valence-electron chi connectivity index (χ0n) is 57.9. The average molecular weight is 1430 g/mol. The zero-order valence-corrected chi connectivity index (χ0v) is 57.9. The van der Waals surface area contributed by atoms with Gasteiger partial charge in [-0.15, -0.1) is 0 Å². The summed E-state index contributed by atoms with van der Waals surface area (Å²) in [6.45, 7) is 8.83. The Kier molecular flexibility index (Phi) is 25.4. The molecule has 7 amide bonds. The summed E-state index contributed by atoms with van der Waals surface area (Å²) in [5.41, 5.74) is 3.23. The Hall–Kier alpha value is -10.5. The van der Waals surface area contributed by atoms with Crippen molar-refractivity contribution in [2.75, 3.05) is 13.2 Å². The van der Waals surface area contributed by atoms with Crippen LogP contribution in [0.3, 0.4) is 0 Å². The van der Waals surface area contributed by atoms with Gasteiger partial charge in [-0.05, 0) is 111 Å². The first-order valence-corrected chi connectivity index (χ1v) is 33.6. The number of aliphatic hydroxyl groups is 2. The van der Waals surface area contributed by atoms with Gasteiger partial charge in [0, 0.05) is 63.1 Å². The maximum absolute atomic E-state index is 15.9. The second-order valence-electron chi connectivity index (χ2n) is 26.8. The minimum atomic E-state index is -2.58. The van der Waals surface area contributed by atoms with Crippen LogP contribution in [0.1, 0.15) is 144 Å². The largest absolute Gasteiger partial charge is 0.455 e. The smallest absolute Gasteiger partial charge is 0.350 e. The highest BCUT2D eigenvalue weighted by molar-refractivity contribution is 5.98. The molecule has 103 heavy (non-hydrogen) atoms. The van der Waals surface area contributed by atoms with Crippen LogP contribution in [0.5, 0.6) is 0 Å². The molecule has 3 fully saturated rings. The molecule has 4 aromatic carbocycles. The summed E-state index contributed by atoms with van der Waals surface area (Å²) in [7, 11) is 0. The Morgan fingerprint density at radius 1 is 0.728 bits per heavy atom. The standard InChI is InChI=1S/C74H86FN7O21/c1-40-51(38-74(97)64(102-69(95)47-25-15-10-16-26-47)62-72(7,52(85)37-53-73(62,39-98-53)103-43(4)84)63(90)60(99-42(3)83)58(40)71(74,5)6)100-70(96)61(59(45-21-11-8-12-22-45)82-68(94)46-23-13-9-14-24-46)101-57(89)34-33-54(86)78-35-18-17-28-49(65(76)91)80-56(88)32-30-50(66(77)92)81-67(93)41(2)79-55(87)31-29-44-20-19-27-48(75)36-44/h8-16,19-27,29,31,36,41,49-53,59-62,64,85,97H,17-18,28,30,32-35,37-39H2,1-7H3,(H2,76,91)(H2,77,92)(H,78,86)(H,79,87)(H,80,88)(H,81,93)(H,82,94)/b31-29+/t41?,49?,50-,51-,52-,53+,59+,60+,61+,62-,64-,72+,73-,74+/m0/s1. The number of fused-ring (bicyclic) bond motifs is 5. The van der Waals surface area contributed by atoms with Crippen molar-refractivity contribution in [1.29, 1.82) is 0 Å². The summed E-state index contributed by atoms with van der Waals surface area (Å²) < 4.78 is 50.5. The fourth-order valence-corrected chi connectivity index (χ4v) is 14.0. The van der Waals surface area contributed by atoms with Crippen LogP contribution in [0, 0.1) is 22.6 Å². The van der Waals surface area contributed by atoms with E-state index in [0.717, 1.165) is 19.9 Å². The molecule has 0 radical (unpaired) electrons. The van der Waals surface area contributed by atoms with Gasteiger partial charge in [0.1, 0.15) is 53.9 Å². The number of unbranched alkanes of at least 4 members (excludes halogenated alkanes) is 1. The van der Waals surface area contributed by atoms with Crippen molar-refractivity contribution >= 4 is 83.1 Å². The fraction of sp³-hybridized carbons (Fsp3) is 0.446. The second-order valence-corrected chi connectivity index (χ2v) is 26.8. The number of hydrogen-bond acceptors (Lipinski definition) is 21. The molecule has 1 aliphatic heterocycles. The normalized spacial score (nSPS) is 24.5. The lowest BCUT2D eigenvalue weighted by Crippen LogP contribution is -2.82. The van der Waals surface area contributed by atoms with E-state index >= 15 is 9.59 Å². The van der Waals surface area contributed by atoms with Crippen LogP contribution in [0.2, 0.25) is 0 Å². The predicted octanol–water partition coefficient (Wildman–Crippen LogP) is 3.43. The number of primary amides is 2. The maximum atomic E-state index is 15.9. The van der Waals surface area contributed by atoms with Crippen molar-refractivity contribution in [2.24, 2.45) is 28.2 Å². The molecule has 4 aromatic rings. The second kappa shape index (κ2) is 33.5. The van der Waals surface area contributed by atoms with E-state index in [1.165, 1.54) is 95.3 Å². The Morgan fingerprint density at radius 2 is 1.36 bits per heavy atom. The van der Waals surface area contributed by atoms with Gasteiger partial charge in [0.2, 0.25) is 41.5 Å². The van der Waals surface area contributed by atoms with Crippen LogP contribution in [0.25, 0.3) is 6.08 Å². The molecule has 2 saturated carbocycles. The number of carbonyl (C=O) groups excluding carboxylic acids is 13. The number of halogens is 1. The van der Waals surface area contributed by atoms with Crippen LogP contribution in [-0.2, 0) is 81.2 Å². The van der Waals surface area contributed by atoms with Crippen molar-refractivity contribution in [3.63, 3.8) is 0 Å². The van der Waals surface area contributed by atoms with E-state index in [0.29, 0.717) is 5.56 Å². The monoisotopic (exact) mass is 1430 g/mol. The van der Waals surface area contributed by atoms with Gasteiger partial charge in [0.05, 0.1) is 36.0 Å². The molecule has 2 bridgehead atoms. The lowest BCUT2D eigenvalue weighted by molar-refractivity contribution is -0.346. The van der Waals surface area contributed by atoms with Gasteiger partial charge in [-0.1, -0.05) is 92.7 Å². The Balaban J connectivity index is 0.983. The molecule has 0 spiro atoms. The zero-order chi connectivity index (χ0) is 75.3. The first-order chi connectivity index (χ1) is 48.7. The molecular formula is C74H86FN7O21. The Labute approximate surface area is 592 Å². The van der Waals surface area contributed by atoms with Crippen LogP contribution in [0.4, 0.5) is 4.39 Å². The summed E-state index contributed by atoms with van der Waals surface area (Å²) in [4.78, 5) is 178. The number of nitrogens with two attached hydrogens (primary N) is 2. The van der Waals surface area contributed by atoms with Crippen molar-refractivity contribution in [2.45, 2.75) is 178 Å². The molecule has 0 aromatic heterocycles. The van der Waals surface area contributed by atoms with E-state index in [-0.39, 0.29) is 66.5 Å². The van der Waals surface area contributed by atoms with Crippen molar-refractivity contribution in [3.8, 4) is 0 Å². The molecule has 3 aliphatic carbocycles. The third-order valence-electron chi connectivity index (χ3n) is 19.5. The van der Waals surface area contributed by atoms with E-state index in [9.17, 15) is 67.3 Å². The van der Waals surface area contributed by atoms with E-state index in [4.69, 9.17) is 39.9 Å². The van der Waals surface area contributed by atoms with Gasteiger partial charge < -0.3 is 76.7 Å². The molecule has 1 saturated heterocycles. The fourth-order valence-electron chi connectivity index (χ4n) is 14.0. The number of ketones is 1. The summed E-state index contributed by atoms with van der Waals surface area (Å²) in [5, 5.41) is 39.1. The van der Waals surface area contributed by atoms with Gasteiger partial charge in [0.15, 0.2) is 17.5 Å². The van der Waals surface area contributed by atoms with Gasteiger partial charge in [0.25, 0.3) is 5.91 Å². The number of esters is 5. The molecule has 14 atom stereocenters. The first kappa shape index (κ1) is 78.2. The van der Waals surface area contributed by atoms with Gasteiger partial charge in [-0.25, -0.2) is 14.0 Å². The highest BCUT2D eigenvalue weighted by Crippen LogP contribution is 2.64. The summed E-state index contributed by atoms with van der Waals surface area (Å²) >= 11 is 0. The van der Waals surface area contributed by atoms with Gasteiger partial charge in [-0.2, -0.15) is 0 Å². The summed E-state index contributed by atoms with van der Waals surface area (Å²) in [6.07, 6.45) is -10.7. The van der Waals surface area contributed by atoms with Crippen LogP contribution < -0.4 is 38.1 Å². The van der Waals surface area contributed by atoms with Crippen molar-refractivity contribution < 1.29 is 105 Å². The molecule has 2 unspecified atom stereocenters. The third-order valence-corrected chi connectivity index (χ3v) is 19.5. The lowest BCUT2D eigenvalue weighted by Gasteiger charge is -2.67. The number of amides is 7. The molecule has 28 nitrogen and oxygen atoms in total. The van der Waals surface area contributed by atoms with E-state index in [1.54, 1.807) is 60.7 Å². The number of nitrogens with one attached hydrogen (secondary N) is 5. The van der Waals surface area contributed by atoms with Gasteiger partial charge >= 0.3 is 29.8 Å². The minimum absolute atomic E-state index is 0.0105. The number of carbonyl (C=O) groups is 13. The minimum Gasteiger partial charge on any atom is -0.455 e. The SMILES string of the molecule is CC(=O)O[C@H]1C(=O)[C@@]2(C)[C@H]([C@H](OC(=O)c3ccccc3)[C@]3(O)C[C@H](OC(=O)[C@H](OC(=O)CCC(=O)NCCCCC(NC(=O)CC[C@H](NC(=O)C(C)NC(=O)/C=C/c4cccc(F)c4)C(N)=O)C(N)=O)[C@H](NC(=O)c4ccccc4)c4ccccc4)C(C)=C1C3(C)C)[C@]1(OC(C)=O)CO[C@@H]1C[C@@H]2O. The van der Waals surface area contributed by atoms with Crippen LogP contribution in [-0.4, -0.2) is 166 Å². The lowest BCUT2D eigenvalue weighted by atomic mass is 9.44. The van der Waals surface area contributed by atoms with E-state index in [1.807, 2.05) is 0 Å². The molecule has 29 heteroatoms. The van der Waals surface area contributed by atoms with Crippen molar-refractivity contribution in [3.05, 3.63) is 161 Å². The quantitative estimate of drug-likeness (QED) is 0.0119. The number of aliphatic hydroxyl groups excluding tert-OH is 1. The molecule has 11 N–H and O–H groups in total. The van der Waals surface area contributed by atoms with Gasteiger partial charge in [-0.3, -0.25) is 52.7 Å². The first-order valence-electron chi connectivity index (χ1n) is 33.6. The van der Waals surface area contributed by atoms with Crippen LogP contribution >= 0.6 is 0 Å². The van der Waals surface area contributed by atoms with Crippen molar-refractivity contribution in [1.82, 2.24) is 26.6 Å². The topological polar surface area (TPSA) is 430 Å². The van der Waals surface area contributed by atoms with E-state index < -0.39 is 204 Å². The highest BCUT2D eigenvalue weighted by Gasteiger charge is 2.78. The van der Waals surface area contributed by atoms with E-state index in [2.05, 4.69) is 26.6 Å². The average Bonchev–Trinajstić information content (AvgIpc) is 0.669. The van der Waals surface area contributed by atoms with Crippen LogP contribution in [0.15, 0.2) is 132 Å². The maximum Gasteiger partial charge on any atom is 0.350 e. The molecule has 8 rings (SSSR count). The molecular weight excluding hydrogens is 1340 g/mol. The molecule has 1 heterocycles.